The van der Waals surface area contributed by atoms with E-state index in [1.54, 1.807) is 0 Å². The molecule has 1 aromatic carbocycles. The van der Waals surface area contributed by atoms with E-state index in [4.69, 9.17) is 19.8 Å². The Labute approximate surface area is 158 Å². The number of nitrogens with one attached hydrogen (secondary N) is 2. The standard InChI is InChI=1S/C17H25N3O.C2H2O4/c21-17(13-18-14-5-1-2-6-14)19-15-7-9-16(10-8-15)20-11-3-4-12-20;3-1(4)2(5)6/h7-10,14,18H,1-6,11-13H2,(H,19,21);(H,3,4)(H,5,6). The summed E-state index contributed by atoms with van der Waals surface area (Å²) in [6.07, 6.45) is 7.56. The van der Waals surface area contributed by atoms with Crippen LogP contribution < -0.4 is 15.5 Å². The van der Waals surface area contributed by atoms with Crippen LogP contribution in [0.25, 0.3) is 0 Å². The lowest BCUT2D eigenvalue weighted by molar-refractivity contribution is -0.159. The number of aliphatic carboxylic acids is 2. The molecular formula is C19H27N3O5. The minimum absolute atomic E-state index is 0.0517. The maximum atomic E-state index is 11.9. The van der Waals surface area contributed by atoms with Gasteiger partial charge in [-0.05, 0) is 49.9 Å². The van der Waals surface area contributed by atoms with E-state index >= 15 is 0 Å². The van der Waals surface area contributed by atoms with E-state index < -0.39 is 11.9 Å². The number of carbonyl (C=O) groups is 3. The molecule has 0 bridgehead atoms. The minimum atomic E-state index is -1.82. The highest BCUT2D eigenvalue weighted by Crippen LogP contribution is 2.22. The SMILES string of the molecule is O=C(CNC1CCCC1)Nc1ccc(N2CCCC2)cc1.O=C(O)C(=O)O. The van der Waals surface area contributed by atoms with Gasteiger partial charge in [0.25, 0.3) is 0 Å². The number of hydrogen-bond donors (Lipinski definition) is 4. The average Bonchev–Trinajstić information content (AvgIpc) is 3.35. The van der Waals surface area contributed by atoms with Gasteiger partial charge in [0.1, 0.15) is 0 Å². The van der Waals surface area contributed by atoms with E-state index in [2.05, 4.69) is 27.7 Å². The Morgan fingerprint density at radius 2 is 1.48 bits per heavy atom. The van der Waals surface area contributed by atoms with Crippen LogP contribution in [0.5, 0.6) is 0 Å². The van der Waals surface area contributed by atoms with Gasteiger partial charge in [-0.15, -0.1) is 0 Å². The van der Waals surface area contributed by atoms with Gasteiger partial charge in [-0.1, -0.05) is 12.8 Å². The fraction of sp³-hybridized carbons (Fsp3) is 0.526. The molecule has 3 rings (SSSR count). The van der Waals surface area contributed by atoms with Gasteiger partial charge >= 0.3 is 11.9 Å². The topological polar surface area (TPSA) is 119 Å². The van der Waals surface area contributed by atoms with E-state index in [0.29, 0.717) is 12.6 Å². The van der Waals surface area contributed by atoms with E-state index in [9.17, 15) is 4.79 Å². The van der Waals surface area contributed by atoms with Gasteiger partial charge in [0.2, 0.25) is 5.91 Å². The smallest absolute Gasteiger partial charge is 0.414 e. The van der Waals surface area contributed by atoms with Crippen LogP contribution in [-0.2, 0) is 14.4 Å². The molecular weight excluding hydrogens is 350 g/mol. The van der Waals surface area contributed by atoms with Crippen molar-refractivity contribution in [2.45, 2.75) is 44.6 Å². The van der Waals surface area contributed by atoms with Crippen LogP contribution in [0.4, 0.5) is 11.4 Å². The Kier molecular flexibility index (Phi) is 8.06. The van der Waals surface area contributed by atoms with Crippen LogP contribution in [0, 0.1) is 0 Å². The molecule has 4 N–H and O–H groups in total. The average molecular weight is 377 g/mol. The van der Waals surface area contributed by atoms with Crippen LogP contribution in [0.15, 0.2) is 24.3 Å². The monoisotopic (exact) mass is 377 g/mol. The number of amides is 1. The van der Waals surface area contributed by atoms with Crippen LogP contribution in [0.1, 0.15) is 38.5 Å². The quantitative estimate of drug-likeness (QED) is 0.579. The highest BCUT2D eigenvalue weighted by atomic mass is 16.4. The number of hydrogen-bond acceptors (Lipinski definition) is 5. The molecule has 2 fully saturated rings. The Morgan fingerprint density at radius 1 is 0.926 bits per heavy atom. The molecule has 2 aliphatic rings. The Bertz CT molecular complexity index is 623. The Balaban J connectivity index is 0.000000380. The number of anilines is 2. The molecule has 0 aromatic heterocycles. The zero-order valence-electron chi connectivity index (χ0n) is 15.3. The summed E-state index contributed by atoms with van der Waals surface area (Å²) in [6, 6.07) is 8.74. The van der Waals surface area contributed by atoms with Crippen LogP contribution >= 0.6 is 0 Å². The Morgan fingerprint density at radius 3 is 2.00 bits per heavy atom. The largest absolute Gasteiger partial charge is 0.473 e. The van der Waals surface area contributed by atoms with E-state index in [0.717, 1.165) is 18.8 Å². The molecule has 8 nitrogen and oxygen atoms in total. The van der Waals surface area contributed by atoms with Gasteiger partial charge in [-0.2, -0.15) is 0 Å². The van der Waals surface area contributed by atoms with Crippen molar-refractivity contribution in [3.8, 4) is 0 Å². The zero-order valence-corrected chi connectivity index (χ0v) is 15.3. The third kappa shape index (κ3) is 7.26. The summed E-state index contributed by atoms with van der Waals surface area (Å²) in [6.45, 7) is 2.71. The van der Waals surface area contributed by atoms with Gasteiger partial charge in [-0.25, -0.2) is 9.59 Å². The Hall–Kier alpha value is -2.61. The first-order valence-corrected chi connectivity index (χ1v) is 9.30. The molecule has 148 valence electrons. The molecule has 1 aliphatic carbocycles. The van der Waals surface area contributed by atoms with Gasteiger partial charge in [-0.3, -0.25) is 4.79 Å². The van der Waals surface area contributed by atoms with Crippen molar-refractivity contribution in [1.29, 1.82) is 0 Å². The molecule has 1 aliphatic heterocycles. The minimum Gasteiger partial charge on any atom is -0.473 e. The van der Waals surface area contributed by atoms with E-state index in [1.807, 2.05) is 12.1 Å². The predicted molar refractivity (Wildman–Crippen MR) is 102 cm³/mol. The van der Waals surface area contributed by atoms with Gasteiger partial charge in [0.15, 0.2) is 0 Å². The zero-order chi connectivity index (χ0) is 19.6. The third-order valence-electron chi connectivity index (χ3n) is 4.71. The second-order valence-electron chi connectivity index (χ2n) is 6.76. The lowest BCUT2D eigenvalue weighted by Gasteiger charge is -2.18. The van der Waals surface area contributed by atoms with Crippen LogP contribution in [0.3, 0.4) is 0 Å². The highest BCUT2D eigenvalue weighted by molar-refractivity contribution is 6.27. The first-order valence-electron chi connectivity index (χ1n) is 9.30. The maximum absolute atomic E-state index is 11.9. The molecule has 8 heteroatoms. The van der Waals surface area contributed by atoms with Crippen molar-refractivity contribution < 1.29 is 24.6 Å². The number of rotatable bonds is 5. The first kappa shape index (κ1) is 20.7. The molecule has 27 heavy (non-hydrogen) atoms. The van der Waals surface area contributed by atoms with Crippen molar-refractivity contribution in [3.63, 3.8) is 0 Å². The van der Waals surface area contributed by atoms with Crippen LogP contribution in [0.2, 0.25) is 0 Å². The maximum Gasteiger partial charge on any atom is 0.414 e. The van der Waals surface area contributed by atoms with Gasteiger partial charge in [0.05, 0.1) is 6.54 Å². The lowest BCUT2D eigenvalue weighted by atomic mass is 10.2. The molecule has 0 radical (unpaired) electrons. The second kappa shape index (κ2) is 10.5. The predicted octanol–water partition coefficient (Wildman–Crippen LogP) is 1.91. The summed E-state index contributed by atoms with van der Waals surface area (Å²) in [5.74, 6) is -3.60. The number of carbonyl (C=O) groups excluding carboxylic acids is 1. The number of nitrogens with zero attached hydrogens (tertiary/aromatic N) is 1. The molecule has 1 saturated heterocycles. The fourth-order valence-electron chi connectivity index (χ4n) is 3.30. The first-order chi connectivity index (χ1) is 13.0. The normalized spacial score (nSPS) is 16.5. The van der Waals surface area contributed by atoms with Crippen molar-refractivity contribution in [2.24, 2.45) is 0 Å². The third-order valence-corrected chi connectivity index (χ3v) is 4.71. The number of carboxylic acids is 2. The molecule has 1 amide bonds. The van der Waals surface area contributed by atoms with E-state index in [1.165, 1.54) is 44.2 Å². The molecule has 1 aromatic rings. The summed E-state index contributed by atoms with van der Waals surface area (Å²) < 4.78 is 0. The molecule has 1 heterocycles. The molecule has 1 saturated carbocycles. The van der Waals surface area contributed by atoms with Gasteiger partial charge < -0.3 is 25.7 Å². The van der Waals surface area contributed by atoms with Crippen molar-refractivity contribution in [1.82, 2.24) is 5.32 Å². The van der Waals surface area contributed by atoms with E-state index in [-0.39, 0.29) is 5.91 Å². The lowest BCUT2D eigenvalue weighted by Crippen LogP contribution is -2.34. The van der Waals surface area contributed by atoms with Crippen molar-refractivity contribution >= 4 is 29.2 Å². The van der Waals surface area contributed by atoms with Crippen LogP contribution in [-0.4, -0.2) is 53.7 Å². The number of carboxylic acid groups (broad SMARTS) is 2. The molecule has 0 atom stereocenters. The summed E-state index contributed by atoms with van der Waals surface area (Å²) >= 11 is 0. The van der Waals surface area contributed by atoms with Crippen molar-refractivity contribution in [3.05, 3.63) is 24.3 Å². The highest BCUT2D eigenvalue weighted by Gasteiger charge is 2.15. The second-order valence-corrected chi connectivity index (χ2v) is 6.76. The summed E-state index contributed by atoms with van der Waals surface area (Å²) in [5.41, 5.74) is 2.14. The molecule has 0 unspecified atom stereocenters. The summed E-state index contributed by atoms with van der Waals surface area (Å²) in [4.78, 5) is 32.5. The van der Waals surface area contributed by atoms with Crippen molar-refractivity contribution in [2.75, 3.05) is 29.9 Å². The number of benzene rings is 1. The summed E-state index contributed by atoms with van der Waals surface area (Å²) in [5, 5.41) is 21.1. The van der Waals surface area contributed by atoms with Gasteiger partial charge in [0, 0.05) is 30.5 Å². The summed E-state index contributed by atoms with van der Waals surface area (Å²) in [7, 11) is 0. The molecule has 0 spiro atoms. The fourth-order valence-corrected chi connectivity index (χ4v) is 3.30.